The number of aliphatic carboxylic acids is 1. The normalized spacial score (nSPS) is 9.31. The summed E-state index contributed by atoms with van der Waals surface area (Å²) in [7, 11) is 1.28. The van der Waals surface area contributed by atoms with Gasteiger partial charge in [0.1, 0.15) is 0 Å². The Labute approximate surface area is 73.2 Å². The minimum Gasteiger partial charge on any atom is -0.479 e. The molecular weight excluding hydrogens is 176 g/mol. The van der Waals surface area contributed by atoms with E-state index in [1.807, 2.05) is 0 Å². The van der Waals surface area contributed by atoms with Gasteiger partial charge in [-0.1, -0.05) is 0 Å². The third kappa shape index (κ3) is 1.78. The van der Waals surface area contributed by atoms with Gasteiger partial charge in [0.25, 0.3) is 5.78 Å². The average molecular weight is 182 g/mol. The van der Waals surface area contributed by atoms with E-state index in [9.17, 15) is 9.59 Å². The topological polar surface area (TPSA) is 89.4 Å². The number of hydrogen-bond donors (Lipinski definition) is 1. The Morgan fingerprint density at radius 3 is 2.54 bits per heavy atom. The summed E-state index contributed by atoms with van der Waals surface area (Å²) in [4.78, 5) is 28.4. The summed E-state index contributed by atoms with van der Waals surface area (Å²) < 4.78 is 4.66. The third-order valence-corrected chi connectivity index (χ3v) is 1.27. The van der Waals surface area contributed by atoms with Gasteiger partial charge in [-0.3, -0.25) is 4.79 Å². The van der Waals surface area contributed by atoms with Gasteiger partial charge in [-0.05, 0) is 0 Å². The van der Waals surface area contributed by atoms with E-state index in [2.05, 4.69) is 14.7 Å². The molecular formula is C7H6N2O4. The number of hydrogen-bond acceptors (Lipinski definition) is 5. The van der Waals surface area contributed by atoms with Crippen molar-refractivity contribution < 1.29 is 19.4 Å². The number of carbonyl (C=O) groups excluding carboxylic acids is 1. The maximum absolute atomic E-state index is 10.9. The quantitative estimate of drug-likeness (QED) is 0.512. The van der Waals surface area contributed by atoms with Crippen LogP contribution in [-0.2, 0) is 4.79 Å². The molecule has 1 N–H and O–H groups in total. The molecule has 0 fully saturated rings. The van der Waals surface area contributed by atoms with Crippen LogP contribution in [-0.4, -0.2) is 33.9 Å². The lowest BCUT2D eigenvalue weighted by Crippen LogP contribution is -2.16. The van der Waals surface area contributed by atoms with E-state index >= 15 is 0 Å². The molecule has 0 unspecified atom stereocenters. The number of methoxy groups -OCH3 is 1. The van der Waals surface area contributed by atoms with Crippen molar-refractivity contribution in [3.63, 3.8) is 0 Å². The minimum atomic E-state index is -1.58. The highest BCUT2D eigenvalue weighted by Crippen LogP contribution is 2.10. The summed E-state index contributed by atoms with van der Waals surface area (Å²) in [5, 5.41) is 8.38. The lowest BCUT2D eigenvalue weighted by Gasteiger charge is -2.00. The maximum atomic E-state index is 10.9. The van der Waals surface area contributed by atoms with Crippen LogP contribution in [0.1, 0.15) is 10.5 Å². The molecule has 0 aliphatic carbocycles. The fourth-order valence-electron chi connectivity index (χ4n) is 0.732. The van der Waals surface area contributed by atoms with Gasteiger partial charge in [-0.15, -0.1) is 0 Å². The molecule has 0 aliphatic heterocycles. The van der Waals surface area contributed by atoms with Gasteiger partial charge in [0.15, 0.2) is 5.69 Å². The summed E-state index contributed by atoms with van der Waals surface area (Å²) in [5.74, 6) is -2.81. The van der Waals surface area contributed by atoms with E-state index in [-0.39, 0.29) is 11.6 Å². The standard InChI is InChI=1S/C7H6N2O4/c1-13-6-4(5(10)7(11)12)8-2-3-9-6/h2-3H,1H3,(H,11,12). The molecule has 0 aliphatic rings. The number of carboxylic acids is 1. The first-order chi connectivity index (χ1) is 6.16. The second-order valence-corrected chi connectivity index (χ2v) is 2.05. The Bertz CT molecular complexity index is 350. The van der Waals surface area contributed by atoms with Gasteiger partial charge < -0.3 is 9.84 Å². The fourth-order valence-corrected chi connectivity index (χ4v) is 0.732. The molecule has 0 bridgehead atoms. The summed E-state index contributed by atoms with van der Waals surface area (Å²) in [6, 6.07) is 0. The molecule has 0 aromatic carbocycles. The van der Waals surface area contributed by atoms with Crippen LogP contribution in [0.4, 0.5) is 0 Å². The van der Waals surface area contributed by atoms with Crippen LogP contribution in [0.2, 0.25) is 0 Å². The number of carbonyl (C=O) groups is 2. The van der Waals surface area contributed by atoms with Crippen molar-refractivity contribution in [2.75, 3.05) is 7.11 Å². The SMILES string of the molecule is COc1nccnc1C(=O)C(=O)O. The first-order valence-electron chi connectivity index (χ1n) is 3.29. The molecule has 0 spiro atoms. The molecule has 0 saturated carbocycles. The van der Waals surface area contributed by atoms with Crippen molar-refractivity contribution in [2.45, 2.75) is 0 Å². The molecule has 68 valence electrons. The predicted octanol–water partition coefficient (Wildman–Crippen LogP) is -0.248. The zero-order chi connectivity index (χ0) is 9.84. The summed E-state index contributed by atoms with van der Waals surface area (Å²) in [5.41, 5.74) is -0.294. The molecule has 0 amide bonds. The maximum Gasteiger partial charge on any atom is 0.379 e. The monoisotopic (exact) mass is 182 g/mol. The van der Waals surface area contributed by atoms with Crippen LogP contribution in [0, 0.1) is 0 Å². The third-order valence-electron chi connectivity index (χ3n) is 1.27. The van der Waals surface area contributed by atoms with E-state index in [0.717, 1.165) is 0 Å². The van der Waals surface area contributed by atoms with Gasteiger partial charge in [0.05, 0.1) is 7.11 Å². The van der Waals surface area contributed by atoms with Crippen molar-refractivity contribution in [3.05, 3.63) is 18.1 Å². The van der Waals surface area contributed by atoms with Crippen LogP contribution in [0.5, 0.6) is 5.88 Å². The van der Waals surface area contributed by atoms with Crippen molar-refractivity contribution in [3.8, 4) is 5.88 Å². The zero-order valence-corrected chi connectivity index (χ0v) is 6.72. The van der Waals surface area contributed by atoms with Gasteiger partial charge in [-0.25, -0.2) is 14.8 Å². The summed E-state index contributed by atoms with van der Waals surface area (Å²) in [6.07, 6.45) is 2.52. The number of carboxylic acid groups (broad SMARTS) is 1. The van der Waals surface area contributed by atoms with E-state index in [1.165, 1.54) is 19.5 Å². The number of aromatic nitrogens is 2. The van der Waals surface area contributed by atoms with Crippen LogP contribution in [0.25, 0.3) is 0 Å². The van der Waals surface area contributed by atoms with E-state index in [1.54, 1.807) is 0 Å². The molecule has 0 saturated heterocycles. The van der Waals surface area contributed by atoms with E-state index in [0.29, 0.717) is 0 Å². The van der Waals surface area contributed by atoms with Crippen molar-refractivity contribution in [2.24, 2.45) is 0 Å². The highest BCUT2D eigenvalue weighted by Gasteiger charge is 2.21. The van der Waals surface area contributed by atoms with Gasteiger partial charge in [0.2, 0.25) is 5.88 Å². The first-order valence-corrected chi connectivity index (χ1v) is 3.29. The molecule has 1 aromatic rings. The molecule has 0 atom stereocenters. The lowest BCUT2D eigenvalue weighted by atomic mass is 10.3. The van der Waals surface area contributed by atoms with Crippen molar-refractivity contribution >= 4 is 11.8 Å². The Kier molecular flexibility index (Phi) is 2.53. The molecule has 1 rings (SSSR count). The predicted molar refractivity (Wildman–Crippen MR) is 40.6 cm³/mol. The van der Waals surface area contributed by atoms with Gasteiger partial charge >= 0.3 is 5.97 Å². The Hall–Kier alpha value is -1.98. The van der Waals surface area contributed by atoms with Crippen LogP contribution < -0.4 is 4.74 Å². The van der Waals surface area contributed by atoms with Crippen LogP contribution >= 0.6 is 0 Å². The molecule has 0 radical (unpaired) electrons. The number of Topliss-reactive ketones (excluding diaryl/α,β-unsaturated/α-hetero) is 1. The lowest BCUT2D eigenvalue weighted by molar-refractivity contribution is -0.131. The summed E-state index contributed by atoms with van der Waals surface area (Å²) in [6.45, 7) is 0. The van der Waals surface area contributed by atoms with E-state index < -0.39 is 11.8 Å². The van der Waals surface area contributed by atoms with Crippen LogP contribution in [0.3, 0.4) is 0 Å². The fraction of sp³-hybridized carbons (Fsp3) is 0.143. The highest BCUT2D eigenvalue weighted by atomic mass is 16.5. The Morgan fingerprint density at radius 2 is 2.00 bits per heavy atom. The van der Waals surface area contributed by atoms with E-state index in [4.69, 9.17) is 5.11 Å². The number of ketones is 1. The smallest absolute Gasteiger partial charge is 0.379 e. The largest absolute Gasteiger partial charge is 0.479 e. The Balaban J connectivity index is 3.13. The number of nitrogens with zero attached hydrogens (tertiary/aromatic N) is 2. The van der Waals surface area contributed by atoms with Gasteiger partial charge in [0, 0.05) is 12.4 Å². The molecule has 6 heteroatoms. The Morgan fingerprint density at radius 1 is 1.38 bits per heavy atom. The number of ether oxygens (including phenoxy) is 1. The van der Waals surface area contributed by atoms with Crippen LogP contribution in [0.15, 0.2) is 12.4 Å². The van der Waals surface area contributed by atoms with Crippen molar-refractivity contribution in [1.29, 1.82) is 0 Å². The average Bonchev–Trinajstić information content (AvgIpc) is 2.16. The number of rotatable bonds is 3. The second kappa shape index (κ2) is 3.61. The molecule has 6 nitrogen and oxygen atoms in total. The molecule has 1 aromatic heterocycles. The minimum absolute atomic E-state index is 0.0881. The second-order valence-electron chi connectivity index (χ2n) is 2.05. The van der Waals surface area contributed by atoms with Crippen molar-refractivity contribution in [1.82, 2.24) is 9.97 Å². The molecule has 13 heavy (non-hydrogen) atoms. The first kappa shape index (κ1) is 9.11. The molecule has 1 heterocycles. The zero-order valence-electron chi connectivity index (χ0n) is 6.72. The highest BCUT2D eigenvalue weighted by molar-refractivity contribution is 6.39. The van der Waals surface area contributed by atoms with Gasteiger partial charge in [-0.2, -0.15) is 0 Å². The summed E-state index contributed by atoms with van der Waals surface area (Å²) >= 11 is 0.